The highest BCUT2D eigenvalue weighted by Gasteiger charge is 2.42. The van der Waals surface area contributed by atoms with Gasteiger partial charge in [-0.15, -0.1) is 0 Å². The highest BCUT2D eigenvalue weighted by atomic mass is 32.2. The summed E-state index contributed by atoms with van der Waals surface area (Å²) in [5.74, 6) is -1.41. The molecule has 0 aromatic heterocycles. The van der Waals surface area contributed by atoms with Crippen LogP contribution in [-0.4, -0.2) is 39.0 Å². The maximum Gasteiger partial charge on any atom is 0.391 e. The van der Waals surface area contributed by atoms with E-state index in [2.05, 4.69) is 5.32 Å². The number of alkyl halides is 3. The van der Waals surface area contributed by atoms with E-state index >= 15 is 0 Å². The number of hydrogen-bond acceptors (Lipinski definition) is 3. The number of anilines is 1. The normalized spacial score (nSPS) is 18.7. The molecule has 1 aromatic carbocycles. The molecule has 2 rings (SSSR count). The van der Waals surface area contributed by atoms with Crippen molar-refractivity contribution in [3.63, 3.8) is 0 Å². The Balaban J connectivity index is 2.11. The van der Waals surface area contributed by atoms with Crippen LogP contribution in [0.1, 0.15) is 12.8 Å². The van der Waals surface area contributed by atoms with Crippen LogP contribution >= 0.6 is 0 Å². The van der Waals surface area contributed by atoms with Gasteiger partial charge in [-0.1, -0.05) is 0 Å². The molecule has 8 heteroatoms. The van der Waals surface area contributed by atoms with Crippen LogP contribution < -0.4 is 5.32 Å². The van der Waals surface area contributed by atoms with Gasteiger partial charge in [-0.05, 0) is 37.1 Å². The van der Waals surface area contributed by atoms with E-state index < -0.39 is 22.1 Å². The second-order valence-corrected chi connectivity index (χ2v) is 6.93. The molecule has 118 valence electrons. The largest absolute Gasteiger partial charge is 0.391 e. The van der Waals surface area contributed by atoms with E-state index in [1.807, 2.05) is 0 Å². The Morgan fingerprint density at radius 1 is 1.14 bits per heavy atom. The smallest absolute Gasteiger partial charge is 0.388 e. The Labute approximate surface area is 122 Å². The Kier molecular flexibility index (Phi) is 4.48. The summed E-state index contributed by atoms with van der Waals surface area (Å²) >= 11 is 0. The zero-order valence-corrected chi connectivity index (χ0v) is 12.3. The predicted octanol–water partition coefficient (Wildman–Crippen LogP) is 2.69. The van der Waals surface area contributed by atoms with E-state index in [0.717, 1.165) is 9.99 Å². The molecule has 1 aliphatic rings. The minimum atomic E-state index is -4.25. The number of hydrogen-bond donors (Lipinski definition) is 1. The molecule has 4 nitrogen and oxygen atoms in total. The average Bonchev–Trinajstić information content (AvgIpc) is 2.46. The number of rotatable bonds is 3. The summed E-state index contributed by atoms with van der Waals surface area (Å²) in [5.41, 5.74) is 0.768. The van der Waals surface area contributed by atoms with Crippen molar-refractivity contribution in [2.45, 2.75) is 23.9 Å². The Hall–Kier alpha value is -1.28. The summed E-state index contributed by atoms with van der Waals surface area (Å²) in [6.07, 6.45) is -4.61. The van der Waals surface area contributed by atoms with Crippen LogP contribution in [-0.2, 0) is 10.0 Å². The summed E-state index contributed by atoms with van der Waals surface area (Å²) in [7, 11) is -2.00. The van der Waals surface area contributed by atoms with E-state index in [0.29, 0.717) is 0 Å². The first-order chi connectivity index (χ1) is 9.75. The van der Waals surface area contributed by atoms with Crippen LogP contribution in [0.2, 0.25) is 0 Å². The molecule has 1 N–H and O–H groups in total. The van der Waals surface area contributed by atoms with Gasteiger partial charge in [-0.2, -0.15) is 17.5 Å². The van der Waals surface area contributed by atoms with Crippen LogP contribution in [0.5, 0.6) is 0 Å². The molecular weight excluding hydrogens is 305 g/mol. The molecule has 0 atom stereocenters. The van der Waals surface area contributed by atoms with E-state index in [1.54, 1.807) is 19.2 Å². The zero-order chi connectivity index (χ0) is 15.7. The maximum absolute atomic E-state index is 12.6. The van der Waals surface area contributed by atoms with Crippen LogP contribution in [0.3, 0.4) is 0 Å². The second kappa shape index (κ2) is 5.84. The molecule has 1 aliphatic heterocycles. The topological polar surface area (TPSA) is 49.4 Å². The summed E-state index contributed by atoms with van der Waals surface area (Å²) < 4.78 is 63.7. The van der Waals surface area contributed by atoms with Crippen LogP contribution in [0.25, 0.3) is 0 Å². The lowest BCUT2D eigenvalue weighted by Gasteiger charge is -2.32. The molecule has 1 saturated heterocycles. The van der Waals surface area contributed by atoms with Crippen LogP contribution in [0, 0.1) is 5.92 Å². The van der Waals surface area contributed by atoms with Gasteiger partial charge in [0.2, 0.25) is 10.0 Å². The van der Waals surface area contributed by atoms with Gasteiger partial charge in [0.1, 0.15) is 0 Å². The standard InChI is InChI=1S/C13H17F3N2O2S/c1-17-11-2-4-12(5-3-11)21(19,20)18-8-6-10(7-9-18)13(14,15)16/h2-5,10,17H,6-9H2,1H3. The second-order valence-electron chi connectivity index (χ2n) is 4.99. The minimum absolute atomic E-state index is 0.0969. The van der Waals surface area contributed by atoms with Crippen molar-refractivity contribution in [1.82, 2.24) is 4.31 Å². The van der Waals surface area contributed by atoms with E-state index in [4.69, 9.17) is 0 Å². The Bertz CT molecular complexity index is 576. The fourth-order valence-electron chi connectivity index (χ4n) is 2.37. The van der Waals surface area contributed by atoms with Crippen molar-refractivity contribution in [3.05, 3.63) is 24.3 Å². The molecule has 1 heterocycles. The van der Waals surface area contributed by atoms with E-state index in [-0.39, 0.29) is 30.8 Å². The molecule has 0 radical (unpaired) electrons. The summed E-state index contributed by atoms with van der Waals surface area (Å²) in [6.45, 7) is -0.194. The maximum atomic E-state index is 12.6. The van der Waals surface area contributed by atoms with Crippen molar-refractivity contribution < 1.29 is 21.6 Å². The fraction of sp³-hybridized carbons (Fsp3) is 0.538. The number of nitrogens with one attached hydrogen (secondary N) is 1. The van der Waals surface area contributed by atoms with E-state index in [1.165, 1.54) is 12.1 Å². The molecule has 0 saturated carbocycles. The Morgan fingerprint density at radius 3 is 2.10 bits per heavy atom. The van der Waals surface area contributed by atoms with Gasteiger partial charge in [0.15, 0.2) is 0 Å². The van der Waals surface area contributed by atoms with Gasteiger partial charge < -0.3 is 5.32 Å². The lowest BCUT2D eigenvalue weighted by molar-refractivity contribution is -0.182. The molecule has 0 amide bonds. The minimum Gasteiger partial charge on any atom is -0.388 e. The highest BCUT2D eigenvalue weighted by Crippen LogP contribution is 2.35. The van der Waals surface area contributed by atoms with Crippen molar-refractivity contribution in [1.29, 1.82) is 0 Å². The van der Waals surface area contributed by atoms with E-state index in [9.17, 15) is 21.6 Å². The molecule has 1 fully saturated rings. The quantitative estimate of drug-likeness (QED) is 0.931. The molecule has 0 aliphatic carbocycles. The average molecular weight is 322 g/mol. The van der Waals surface area contributed by atoms with Gasteiger partial charge in [0.05, 0.1) is 10.8 Å². The first kappa shape index (κ1) is 16.1. The molecular formula is C13H17F3N2O2S. The molecule has 1 aromatic rings. The van der Waals surface area contributed by atoms with Crippen molar-refractivity contribution in [3.8, 4) is 0 Å². The molecule has 0 unspecified atom stereocenters. The summed E-state index contributed by atoms with van der Waals surface area (Å²) in [6, 6.07) is 6.15. The first-order valence-electron chi connectivity index (χ1n) is 6.60. The van der Waals surface area contributed by atoms with Crippen LogP contribution in [0.15, 0.2) is 29.2 Å². The number of halogens is 3. The molecule has 21 heavy (non-hydrogen) atoms. The van der Waals surface area contributed by atoms with Crippen LogP contribution in [0.4, 0.5) is 18.9 Å². The first-order valence-corrected chi connectivity index (χ1v) is 8.04. The lowest BCUT2D eigenvalue weighted by atomic mass is 9.98. The number of benzene rings is 1. The third kappa shape index (κ3) is 3.49. The zero-order valence-electron chi connectivity index (χ0n) is 11.5. The number of nitrogens with zero attached hydrogens (tertiary/aromatic N) is 1. The highest BCUT2D eigenvalue weighted by molar-refractivity contribution is 7.89. The lowest BCUT2D eigenvalue weighted by Crippen LogP contribution is -2.42. The van der Waals surface area contributed by atoms with Gasteiger partial charge in [-0.3, -0.25) is 0 Å². The molecule has 0 spiro atoms. The third-order valence-corrected chi connectivity index (χ3v) is 5.61. The van der Waals surface area contributed by atoms with Gasteiger partial charge >= 0.3 is 6.18 Å². The van der Waals surface area contributed by atoms with Crippen molar-refractivity contribution in [2.75, 3.05) is 25.5 Å². The van der Waals surface area contributed by atoms with Gasteiger partial charge in [0.25, 0.3) is 0 Å². The fourth-order valence-corrected chi connectivity index (χ4v) is 3.84. The summed E-state index contributed by atoms with van der Waals surface area (Å²) in [4.78, 5) is 0.104. The molecule has 0 bridgehead atoms. The monoisotopic (exact) mass is 322 g/mol. The van der Waals surface area contributed by atoms with Crippen molar-refractivity contribution >= 4 is 15.7 Å². The number of piperidine rings is 1. The third-order valence-electron chi connectivity index (χ3n) is 3.70. The predicted molar refractivity (Wildman–Crippen MR) is 73.5 cm³/mol. The van der Waals surface area contributed by atoms with Gasteiger partial charge in [0, 0.05) is 25.8 Å². The summed E-state index contributed by atoms with van der Waals surface area (Å²) in [5, 5.41) is 2.87. The Morgan fingerprint density at radius 2 is 1.67 bits per heavy atom. The number of sulfonamides is 1. The SMILES string of the molecule is CNc1ccc(S(=O)(=O)N2CCC(C(F)(F)F)CC2)cc1. The van der Waals surface area contributed by atoms with Crippen molar-refractivity contribution in [2.24, 2.45) is 5.92 Å². The van der Waals surface area contributed by atoms with Gasteiger partial charge in [-0.25, -0.2) is 8.42 Å².